The third-order valence-corrected chi connectivity index (χ3v) is 4.47. The Morgan fingerprint density at radius 3 is 2.85 bits per heavy atom. The summed E-state index contributed by atoms with van der Waals surface area (Å²) in [6.07, 6.45) is 11.0. The van der Waals surface area contributed by atoms with Crippen molar-refractivity contribution < 1.29 is 4.74 Å². The molecule has 0 spiro atoms. The van der Waals surface area contributed by atoms with Crippen molar-refractivity contribution in [3.63, 3.8) is 0 Å². The Kier molecular flexibility index (Phi) is 5.03. The van der Waals surface area contributed by atoms with Crippen molar-refractivity contribution in [2.75, 3.05) is 0 Å². The summed E-state index contributed by atoms with van der Waals surface area (Å²) in [7, 11) is 0. The molecule has 0 bridgehead atoms. The maximum Gasteiger partial charge on any atom is 0.138 e. The van der Waals surface area contributed by atoms with Crippen LogP contribution >= 0.6 is 0 Å². The zero-order valence-corrected chi connectivity index (χ0v) is 13.1. The molecular formula is C17H28N2O. The Morgan fingerprint density at radius 2 is 2.15 bits per heavy atom. The van der Waals surface area contributed by atoms with Gasteiger partial charge in [0.15, 0.2) is 0 Å². The fraction of sp³-hybridized carbons (Fsp3) is 0.706. The SMILES string of the molecule is CCC1CCCC(N)(c2cncc(OC(C)C)c2)CC1. The molecule has 0 amide bonds. The van der Waals surface area contributed by atoms with Crippen LogP contribution in [0.1, 0.15) is 64.9 Å². The number of nitrogens with zero attached hydrogens (tertiary/aromatic N) is 1. The van der Waals surface area contributed by atoms with E-state index >= 15 is 0 Å². The van der Waals surface area contributed by atoms with Gasteiger partial charge in [0, 0.05) is 11.7 Å². The van der Waals surface area contributed by atoms with Gasteiger partial charge < -0.3 is 10.5 Å². The zero-order chi connectivity index (χ0) is 14.6. The molecule has 1 saturated carbocycles. The molecule has 2 unspecified atom stereocenters. The van der Waals surface area contributed by atoms with E-state index in [1.807, 2.05) is 20.0 Å². The minimum atomic E-state index is -0.229. The van der Waals surface area contributed by atoms with Gasteiger partial charge in [0.25, 0.3) is 0 Å². The number of rotatable bonds is 4. The van der Waals surface area contributed by atoms with Gasteiger partial charge in [0.1, 0.15) is 5.75 Å². The monoisotopic (exact) mass is 276 g/mol. The van der Waals surface area contributed by atoms with Gasteiger partial charge in [-0.3, -0.25) is 4.98 Å². The first-order valence-electron chi connectivity index (χ1n) is 7.94. The van der Waals surface area contributed by atoms with E-state index < -0.39 is 0 Å². The third-order valence-electron chi connectivity index (χ3n) is 4.47. The molecule has 2 N–H and O–H groups in total. The highest BCUT2D eigenvalue weighted by Gasteiger charge is 2.31. The summed E-state index contributed by atoms with van der Waals surface area (Å²) >= 11 is 0. The molecule has 0 aromatic carbocycles. The highest BCUT2D eigenvalue weighted by atomic mass is 16.5. The second-order valence-electron chi connectivity index (χ2n) is 6.44. The Labute approximate surface area is 122 Å². The van der Waals surface area contributed by atoms with Crippen molar-refractivity contribution in [2.45, 2.75) is 70.9 Å². The average molecular weight is 276 g/mol. The van der Waals surface area contributed by atoms with E-state index in [2.05, 4.69) is 18.0 Å². The minimum Gasteiger partial charge on any atom is -0.489 e. The summed E-state index contributed by atoms with van der Waals surface area (Å²) in [6, 6.07) is 2.08. The molecule has 1 aliphatic rings. The first-order valence-corrected chi connectivity index (χ1v) is 7.94. The Bertz CT molecular complexity index is 433. The van der Waals surface area contributed by atoms with Crippen LogP contribution in [0.4, 0.5) is 0 Å². The molecule has 2 rings (SSSR count). The van der Waals surface area contributed by atoms with Crippen LogP contribution < -0.4 is 10.5 Å². The maximum atomic E-state index is 6.70. The fourth-order valence-corrected chi connectivity index (χ4v) is 3.16. The van der Waals surface area contributed by atoms with E-state index in [0.717, 1.165) is 30.1 Å². The second kappa shape index (κ2) is 6.57. The summed E-state index contributed by atoms with van der Waals surface area (Å²) < 4.78 is 5.75. The van der Waals surface area contributed by atoms with E-state index in [4.69, 9.17) is 10.5 Å². The summed E-state index contributed by atoms with van der Waals surface area (Å²) in [6.45, 7) is 6.34. The lowest BCUT2D eigenvalue weighted by Gasteiger charge is -2.29. The van der Waals surface area contributed by atoms with E-state index in [1.54, 1.807) is 6.20 Å². The molecule has 112 valence electrons. The maximum absolute atomic E-state index is 6.70. The molecule has 3 heteroatoms. The van der Waals surface area contributed by atoms with Crippen molar-refractivity contribution in [1.29, 1.82) is 0 Å². The molecule has 3 nitrogen and oxygen atoms in total. The van der Waals surface area contributed by atoms with E-state index in [9.17, 15) is 0 Å². The van der Waals surface area contributed by atoms with Crippen LogP contribution in [0.2, 0.25) is 0 Å². The molecule has 0 radical (unpaired) electrons. The summed E-state index contributed by atoms with van der Waals surface area (Å²) in [5, 5.41) is 0. The largest absolute Gasteiger partial charge is 0.489 e. The predicted molar refractivity (Wildman–Crippen MR) is 82.7 cm³/mol. The van der Waals surface area contributed by atoms with Crippen LogP contribution in [0.3, 0.4) is 0 Å². The van der Waals surface area contributed by atoms with Gasteiger partial charge in [-0.1, -0.05) is 26.2 Å². The Hall–Kier alpha value is -1.09. The molecule has 2 atom stereocenters. The highest BCUT2D eigenvalue weighted by molar-refractivity contribution is 5.29. The van der Waals surface area contributed by atoms with Crippen LogP contribution in [0.25, 0.3) is 0 Å². The number of nitrogens with two attached hydrogens (primary N) is 1. The molecule has 20 heavy (non-hydrogen) atoms. The van der Waals surface area contributed by atoms with Gasteiger partial charge >= 0.3 is 0 Å². The van der Waals surface area contributed by atoms with E-state index in [-0.39, 0.29) is 11.6 Å². The Balaban J connectivity index is 2.16. The fourth-order valence-electron chi connectivity index (χ4n) is 3.16. The van der Waals surface area contributed by atoms with Crippen LogP contribution in [0.5, 0.6) is 5.75 Å². The molecule has 0 aliphatic heterocycles. The van der Waals surface area contributed by atoms with Crippen molar-refractivity contribution >= 4 is 0 Å². The van der Waals surface area contributed by atoms with Crippen LogP contribution in [-0.4, -0.2) is 11.1 Å². The summed E-state index contributed by atoms with van der Waals surface area (Å²) in [4.78, 5) is 4.32. The van der Waals surface area contributed by atoms with Gasteiger partial charge in [-0.25, -0.2) is 0 Å². The molecule has 1 aromatic rings. The van der Waals surface area contributed by atoms with E-state index in [1.165, 1.54) is 25.7 Å². The van der Waals surface area contributed by atoms with E-state index in [0.29, 0.717) is 0 Å². The standard InChI is InChI=1S/C17H28N2O/c1-4-14-6-5-8-17(18,9-7-14)15-10-16(12-19-11-15)20-13(2)3/h10-14H,4-9,18H2,1-3H3. The molecule has 1 aromatic heterocycles. The molecule has 1 fully saturated rings. The quantitative estimate of drug-likeness (QED) is 0.845. The topological polar surface area (TPSA) is 48.1 Å². The van der Waals surface area contributed by atoms with Crippen molar-refractivity contribution in [3.8, 4) is 5.75 Å². The van der Waals surface area contributed by atoms with Crippen LogP contribution in [0.15, 0.2) is 18.5 Å². The molecule has 0 saturated heterocycles. The number of ether oxygens (including phenoxy) is 1. The van der Waals surface area contributed by atoms with Gasteiger partial charge in [0.2, 0.25) is 0 Å². The number of hydrogen-bond donors (Lipinski definition) is 1. The van der Waals surface area contributed by atoms with Gasteiger partial charge in [0.05, 0.1) is 12.3 Å². The second-order valence-corrected chi connectivity index (χ2v) is 6.44. The van der Waals surface area contributed by atoms with Crippen molar-refractivity contribution in [3.05, 3.63) is 24.0 Å². The van der Waals surface area contributed by atoms with Crippen LogP contribution in [-0.2, 0) is 5.54 Å². The van der Waals surface area contributed by atoms with Gasteiger partial charge in [-0.15, -0.1) is 0 Å². The number of hydrogen-bond acceptors (Lipinski definition) is 3. The number of pyridine rings is 1. The lowest BCUT2D eigenvalue weighted by atomic mass is 9.84. The normalized spacial score (nSPS) is 27.4. The lowest BCUT2D eigenvalue weighted by Crippen LogP contribution is -2.36. The van der Waals surface area contributed by atoms with Gasteiger partial charge in [-0.2, -0.15) is 0 Å². The highest BCUT2D eigenvalue weighted by Crippen LogP contribution is 2.37. The Morgan fingerprint density at radius 1 is 1.35 bits per heavy atom. The zero-order valence-electron chi connectivity index (χ0n) is 13.1. The predicted octanol–water partition coefficient (Wildman–Crippen LogP) is 4.01. The lowest BCUT2D eigenvalue weighted by molar-refractivity contribution is 0.240. The molecular weight excluding hydrogens is 248 g/mol. The first-order chi connectivity index (χ1) is 9.53. The van der Waals surface area contributed by atoms with Crippen molar-refractivity contribution in [1.82, 2.24) is 4.98 Å². The minimum absolute atomic E-state index is 0.166. The average Bonchev–Trinajstić information content (AvgIpc) is 2.61. The number of aromatic nitrogens is 1. The van der Waals surface area contributed by atoms with Crippen LogP contribution in [0, 0.1) is 5.92 Å². The van der Waals surface area contributed by atoms with Gasteiger partial charge in [-0.05, 0) is 50.7 Å². The smallest absolute Gasteiger partial charge is 0.138 e. The summed E-state index contributed by atoms with van der Waals surface area (Å²) in [5.41, 5.74) is 7.60. The molecule has 1 heterocycles. The van der Waals surface area contributed by atoms with Crippen molar-refractivity contribution in [2.24, 2.45) is 11.7 Å². The molecule has 1 aliphatic carbocycles. The third kappa shape index (κ3) is 3.72. The summed E-state index contributed by atoms with van der Waals surface area (Å²) in [5.74, 6) is 1.67. The first kappa shape index (κ1) is 15.3.